The molecule has 7 heteroatoms. The molecular weight excluding hydrogens is 366 g/mol. The lowest BCUT2D eigenvalue weighted by Gasteiger charge is -2.19. The fraction of sp³-hybridized carbons (Fsp3) is 0.364. The number of guanidine groups is 1. The molecule has 0 fully saturated rings. The standard InChI is InChI=1S/C22H29N5O2/c1-4-23-21(25-16-22(3,28)20-11-6-17(2)29-20)24-14-12-18-7-9-19(10-8-18)27-15-5-13-26-27/h5-11,13,15,28H,4,12,14,16H2,1-3H3,(H2,23,24,25). The van der Waals surface area contributed by atoms with Gasteiger partial charge in [0.2, 0.25) is 0 Å². The van der Waals surface area contributed by atoms with Crippen molar-refractivity contribution in [1.82, 2.24) is 20.4 Å². The Hall–Kier alpha value is -3.06. The number of aliphatic imine (C=N–C) groups is 1. The molecule has 3 N–H and O–H groups in total. The van der Waals surface area contributed by atoms with Crippen LogP contribution in [-0.4, -0.2) is 40.5 Å². The molecule has 0 spiro atoms. The van der Waals surface area contributed by atoms with Crippen LogP contribution in [0.15, 0.2) is 64.3 Å². The van der Waals surface area contributed by atoms with Crippen molar-refractivity contribution in [2.75, 3.05) is 19.6 Å². The van der Waals surface area contributed by atoms with Crippen molar-refractivity contribution in [2.24, 2.45) is 4.99 Å². The SMILES string of the molecule is CCNC(=NCC(C)(O)c1ccc(C)o1)NCCc1ccc(-n2cccn2)cc1. The van der Waals surface area contributed by atoms with Crippen LogP contribution in [0.5, 0.6) is 0 Å². The summed E-state index contributed by atoms with van der Waals surface area (Å²) in [5, 5.41) is 21.4. The molecule has 29 heavy (non-hydrogen) atoms. The fourth-order valence-corrected chi connectivity index (χ4v) is 2.94. The van der Waals surface area contributed by atoms with E-state index in [1.54, 1.807) is 19.2 Å². The number of rotatable bonds is 8. The minimum absolute atomic E-state index is 0.202. The average molecular weight is 396 g/mol. The zero-order valence-electron chi connectivity index (χ0n) is 17.2. The second kappa shape index (κ2) is 9.43. The number of aromatic nitrogens is 2. The Balaban J connectivity index is 1.54. The molecule has 0 saturated heterocycles. The van der Waals surface area contributed by atoms with Crippen molar-refractivity contribution in [3.63, 3.8) is 0 Å². The summed E-state index contributed by atoms with van der Waals surface area (Å²) in [6.45, 7) is 7.25. The van der Waals surface area contributed by atoms with Crippen molar-refractivity contribution in [2.45, 2.75) is 32.8 Å². The lowest BCUT2D eigenvalue weighted by atomic mass is 10.0. The first-order chi connectivity index (χ1) is 14.0. The number of nitrogens with one attached hydrogen (secondary N) is 2. The average Bonchev–Trinajstić information content (AvgIpc) is 3.39. The van der Waals surface area contributed by atoms with Crippen LogP contribution in [0.25, 0.3) is 5.69 Å². The van der Waals surface area contributed by atoms with Crippen LogP contribution in [0.1, 0.15) is 30.9 Å². The van der Waals surface area contributed by atoms with Crippen molar-refractivity contribution in [3.8, 4) is 5.69 Å². The number of nitrogens with zero attached hydrogens (tertiary/aromatic N) is 3. The summed E-state index contributed by atoms with van der Waals surface area (Å²) in [6, 6.07) is 13.9. The molecule has 1 aromatic carbocycles. The van der Waals surface area contributed by atoms with E-state index in [0.717, 1.165) is 31.0 Å². The number of aryl methyl sites for hydroxylation is 1. The van der Waals surface area contributed by atoms with Gasteiger partial charge in [-0.3, -0.25) is 0 Å². The number of benzene rings is 1. The van der Waals surface area contributed by atoms with Crippen molar-refractivity contribution in [1.29, 1.82) is 0 Å². The van der Waals surface area contributed by atoms with Gasteiger partial charge in [-0.05, 0) is 63.1 Å². The quantitative estimate of drug-likeness (QED) is 0.403. The van der Waals surface area contributed by atoms with Crippen LogP contribution >= 0.6 is 0 Å². The molecule has 3 aromatic rings. The van der Waals surface area contributed by atoms with E-state index >= 15 is 0 Å². The Labute approximate surface area is 171 Å². The highest BCUT2D eigenvalue weighted by Gasteiger charge is 2.26. The minimum Gasteiger partial charge on any atom is -0.463 e. The first-order valence-electron chi connectivity index (χ1n) is 9.88. The maximum atomic E-state index is 10.7. The highest BCUT2D eigenvalue weighted by atomic mass is 16.4. The Morgan fingerprint density at radius 2 is 2.00 bits per heavy atom. The zero-order valence-corrected chi connectivity index (χ0v) is 17.2. The molecule has 7 nitrogen and oxygen atoms in total. The van der Waals surface area contributed by atoms with E-state index in [1.165, 1.54) is 5.56 Å². The van der Waals surface area contributed by atoms with Crippen molar-refractivity contribution < 1.29 is 9.52 Å². The van der Waals surface area contributed by atoms with Crippen LogP contribution < -0.4 is 10.6 Å². The third-order valence-electron chi connectivity index (χ3n) is 4.57. The summed E-state index contributed by atoms with van der Waals surface area (Å²) in [5.41, 5.74) is 1.11. The number of hydrogen-bond acceptors (Lipinski definition) is 4. The summed E-state index contributed by atoms with van der Waals surface area (Å²) < 4.78 is 7.39. The maximum absolute atomic E-state index is 10.7. The van der Waals surface area contributed by atoms with E-state index in [1.807, 2.05) is 36.9 Å². The Kier molecular flexibility index (Phi) is 6.72. The predicted octanol–water partition coefficient (Wildman–Crippen LogP) is 2.78. The van der Waals surface area contributed by atoms with Crippen LogP contribution in [-0.2, 0) is 12.0 Å². The zero-order chi connectivity index (χ0) is 20.7. The topological polar surface area (TPSA) is 87.6 Å². The van der Waals surface area contributed by atoms with Gasteiger partial charge in [-0.15, -0.1) is 0 Å². The first kappa shape index (κ1) is 20.7. The molecule has 1 atom stereocenters. The maximum Gasteiger partial charge on any atom is 0.191 e. The molecule has 0 aliphatic carbocycles. The highest BCUT2D eigenvalue weighted by molar-refractivity contribution is 5.79. The second-order valence-electron chi connectivity index (χ2n) is 7.17. The molecular formula is C22H29N5O2. The van der Waals surface area contributed by atoms with Gasteiger partial charge in [0, 0.05) is 25.5 Å². The summed E-state index contributed by atoms with van der Waals surface area (Å²) in [7, 11) is 0. The Morgan fingerprint density at radius 3 is 2.62 bits per heavy atom. The van der Waals surface area contributed by atoms with Gasteiger partial charge in [-0.2, -0.15) is 5.10 Å². The summed E-state index contributed by atoms with van der Waals surface area (Å²) >= 11 is 0. The molecule has 1 unspecified atom stereocenters. The van der Waals surface area contributed by atoms with Gasteiger partial charge < -0.3 is 20.2 Å². The largest absolute Gasteiger partial charge is 0.463 e. The minimum atomic E-state index is -1.15. The van der Waals surface area contributed by atoms with Crippen molar-refractivity contribution in [3.05, 3.63) is 71.9 Å². The number of hydrogen-bond donors (Lipinski definition) is 3. The molecule has 0 radical (unpaired) electrons. The summed E-state index contributed by atoms with van der Waals surface area (Å²) in [4.78, 5) is 4.52. The van der Waals surface area contributed by atoms with Gasteiger partial charge in [0.15, 0.2) is 5.96 Å². The van der Waals surface area contributed by atoms with Crippen LogP contribution in [0.2, 0.25) is 0 Å². The lowest BCUT2D eigenvalue weighted by molar-refractivity contribution is 0.0428. The van der Waals surface area contributed by atoms with Gasteiger partial charge in [0.1, 0.15) is 17.1 Å². The second-order valence-corrected chi connectivity index (χ2v) is 7.17. The molecule has 0 aliphatic rings. The van der Waals surface area contributed by atoms with Gasteiger partial charge in [0.05, 0.1) is 12.2 Å². The third-order valence-corrected chi connectivity index (χ3v) is 4.57. The number of furan rings is 1. The monoisotopic (exact) mass is 395 g/mol. The van der Waals surface area contributed by atoms with Crippen LogP contribution in [0.3, 0.4) is 0 Å². The molecule has 3 rings (SSSR count). The van der Waals surface area contributed by atoms with E-state index in [2.05, 4.69) is 45.0 Å². The van der Waals surface area contributed by atoms with E-state index in [9.17, 15) is 5.11 Å². The van der Waals surface area contributed by atoms with E-state index in [0.29, 0.717) is 11.7 Å². The normalized spacial score (nSPS) is 13.9. The fourth-order valence-electron chi connectivity index (χ4n) is 2.94. The van der Waals surface area contributed by atoms with Gasteiger partial charge in [-0.25, -0.2) is 9.67 Å². The smallest absolute Gasteiger partial charge is 0.191 e. The predicted molar refractivity (Wildman–Crippen MR) is 114 cm³/mol. The molecule has 0 aliphatic heterocycles. The molecule has 2 aromatic heterocycles. The van der Waals surface area contributed by atoms with Crippen LogP contribution in [0, 0.1) is 6.92 Å². The Morgan fingerprint density at radius 1 is 1.21 bits per heavy atom. The van der Waals surface area contributed by atoms with E-state index < -0.39 is 5.60 Å². The molecule has 0 bridgehead atoms. The molecule has 154 valence electrons. The lowest BCUT2D eigenvalue weighted by Crippen LogP contribution is -2.39. The van der Waals surface area contributed by atoms with E-state index in [-0.39, 0.29) is 6.54 Å². The third kappa shape index (κ3) is 5.71. The summed E-state index contributed by atoms with van der Waals surface area (Å²) in [5.74, 6) is 1.96. The van der Waals surface area contributed by atoms with Crippen molar-refractivity contribution >= 4 is 5.96 Å². The highest BCUT2D eigenvalue weighted by Crippen LogP contribution is 2.23. The van der Waals surface area contributed by atoms with E-state index in [4.69, 9.17) is 4.42 Å². The Bertz CT molecular complexity index is 911. The summed E-state index contributed by atoms with van der Waals surface area (Å²) in [6.07, 6.45) is 4.55. The van der Waals surface area contributed by atoms with Gasteiger partial charge >= 0.3 is 0 Å². The van der Waals surface area contributed by atoms with Gasteiger partial charge in [-0.1, -0.05) is 12.1 Å². The molecule has 2 heterocycles. The van der Waals surface area contributed by atoms with Gasteiger partial charge in [0.25, 0.3) is 0 Å². The molecule has 0 saturated carbocycles. The molecule has 0 amide bonds. The first-order valence-corrected chi connectivity index (χ1v) is 9.88. The van der Waals surface area contributed by atoms with Crippen LogP contribution in [0.4, 0.5) is 0 Å². The number of aliphatic hydroxyl groups is 1.